The van der Waals surface area contributed by atoms with Crippen LogP contribution in [0.3, 0.4) is 0 Å². The standard InChI is InChI=1S/C18H30N2O5/c1-17(2,3)10-14(21)20-8-5-6-13(20)15(22)19-9-7-18(11-19,12-25-4)16(23)24/h13H,5-12H2,1-4H3,(H,23,24). The fourth-order valence-electron chi connectivity index (χ4n) is 3.78. The zero-order chi connectivity index (χ0) is 18.8. The van der Waals surface area contributed by atoms with E-state index in [0.29, 0.717) is 32.4 Å². The van der Waals surface area contributed by atoms with Gasteiger partial charge in [-0.2, -0.15) is 0 Å². The second-order valence-electron chi connectivity index (χ2n) is 8.51. The van der Waals surface area contributed by atoms with E-state index < -0.39 is 17.4 Å². The third-order valence-corrected chi connectivity index (χ3v) is 5.08. The Hall–Kier alpha value is -1.63. The molecule has 0 saturated carbocycles. The number of hydrogen-bond donors (Lipinski definition) is 1. The third kappa shape index (κ3) is 4.32. The van der Waals surface area contributed by atoms with E-state index in [4.69, 9.17) is 4.74 Å². The lowest BCUT2D eigenvalue weighted by Gasteiger charge is -2.31. The fourth-order valence-corrected chi connectivity index (χ4v) is 3.78. The smallest absolute Gasteiger partial charge is 0.313 e. The van der Waals surface area contributed by atoms with Gasteiger partial charge in [0.25, 0.3) is 0 Å². The molecule has 2 rings (SSSR count). The number of rotatable bonds is 5. The van der Waals surface area contributed by atoms with Crippen LogP contribution in [0.4, 0.5) is 0 Å². The van der Waals surface area contributed by atoms with Gasteiger partial charge < -0.3 is 19.6 Å². The summed E-state index contributed by atoms with van der Waals surface area (Å²) in [4.78, 5) is 40.4. The van der Waals surface area contributed by atoms with Gasteiger partial charge in [-0.3, -0.25) is 14.4 Å². The molecule has 2 fully saturated rings. The molecule has 2 unspecified atom stereocenters. The number of carbonyl (C=O) groups excluding carboxylic acids is 2. The predicted octanol–water partition coefficient (Wildman–Crippen LogP) is 1.36. The van der Waals surface area contributed by atoms with Crippen LogP contribution >= 0.6 is 0 Å². The Bertz CT molecular complexity index is 542. The molecule has 0 aliphatic carbocycles. The number of carboxylic acid groups (broad SMARTS) is 1. The number of carbonyl (C=O) groups is 3. The molecule has 0 radical (unpaired) electrons. The number of amides is 2. The largest absolute Gasteiger partial charge is 0.481 e. The van der Waals surface area contributed by atoms with Crippen LogP contribution < -0.4 is 0 Å². The van der Waals surface area contributed by atoms with Crippen molar-refractivity contribution in [2.24, 2.45) is 10.8 Å². The Morgan fingerprint density at radius 1 is 1.24 bits per heavy atom. The molecule has 2 heterocycles. The van der Waals surface area contributed by atoms with Crippen molar-refractivity contribution in [3.8, 4) is 0 Å². The molecule has 7 heteroatoms. The number of hydrogen-bond acceptors (Lipinski definition) is 4. The summed E-state index contributed by atoms with van der Waals surface area (Å²) in [6.07, 6.45) is 2.24. The maximum atomic E-state index is 12.9. The topological polar surface area (TPSA) is 87.2 Å². The van der Waals surface area contributed by atoms with Crippen molar-refractivity contribution in [1.82, 2.24) is 9.80 Å². The predicted molar refractivity (Wildman–Crippen MR) is 91.9 cm³/mol. The Morgan fingerprint density at radius 2 is 1.92 bits per heavy atom. The highest BCUT2D eigenvalue weighted by Crippen LogP contribution is 2.33. The Morgan fingerprint density at radius 3 is 2.48 bits per heavy atom. The van der Waals surface area contributed by atoms with Gasteiger partial charge in [0.1, 0.15) is 11.5 Å². The summed E-state index contributed by atoms with van der Waals surface area (Å²) in [5.74, 6) is -1.06. The van der Waals surface area contributed by atoms with Crippen molar-refractivity contribution in [2.75, 3.05) is 33.4 Å². The van der Waals surface area contributed by atoms with E-state index in [1.54, 1.807) is 9.80 Å². The van der Waals surface area contributed by atoms with Crippen LogP contribution in [0.5, 0.6) is 0 Å². The molecule has 0 spiro atoms. The van der Waals surface area contributed by atoms with Gasteiger partial charge in [-0.1, -0.05) is 20.8 Å². The van der Waals surface area contributed by atoms with Crippen molar-refractivity contribution >= 4 is 17.8 Å². The fraction of sp³-hybridized carbons (Fsp3) is 0.833. The quantitative estimate of drug-likeness (QED) is 0.805. The molecule has 1 N–H and O–H groups in total. The highest BCUT2D eigenvalue weighted by atomic mass is 16.5. The molecule has 2 aliphatic heterocycles. The minimum atomic E-state index is -1.04. The number of methoxy groups -OCH3 is 1. The molecule has 0 aromatic heterocycles. The summed E-state index contributed by atoms with van der Waals surface area (Å²) < 4.78 is 5.07. The molecule has 25 heavy (non-hydrogen) atoms. The molecule has 2 amide bonds. The Kier molecular flexibility index (Phi) is 5.76. The van der Waals surface area contributed by atoms with Gasteiger partial charge in [-0.05, 0) is 24.7 Å². The van der Waals surface area contributed by atoms with Gasteiger partial charge in [0.15, 0.2) is 0 Å². The highest BCUT2D eigenvalue weighted by Gasteiger charge is 2.48. The first kappa shape index (κ1) is 19.7. The number of aliphatic carboxylic acids is 1. The first-order chi connectivity index (χ1) is 11.6. The summed E-state index contributed by atoms with van der Waals surface area (Å²) in [5.41, 5.74) is -1.17. The zero-order valence-corrected chi connectivity index (χ0v) is 15.7. The number of likely N-dealkylation sites (tertiary alicyclic amines) is 2. The average molecular weight is 354 g/mol. The molecular weight excluding hydrogens is 324 g/mol. The molecule has 2 atom stereocenters. The molecule has 0 bridgehead atoms. The maximum Gasteiger partial charge on any atom is 0.313 e. The van der Waals surface area contributed by atoms with E-state index in [0.717, 1.165) is 6.42 Å². The molecule has 0 aromatic rings. The van der Waals surface area contributed by atoms with Crippen LogP contribution in [0.1, 0.15) is 46.5 Å². The van der Waals surface area contributed by atoms with Gasteiger partial charge >= 0.3 is 5.97 Å². The van der Waals surface area contributed by atoms with Gasteiger partial charge in [0, 0.05) is 33.2 Å². The molecular formula is C18H30N2O5. The van der Waals surface area contributed by atoms with Crippen LogP contribution in [0.2, 0.25) is 0 Å². The van der Waals surface area contributed by atoms with Crippen molar-refractivity contribution in [1.29, 1.82) is 0 Å². The normalized spacial score (nSPS) is 27.0. The molecule has 7 nitrogen and oxygen atoms in total. The van der Waals surface area contributed by atoms with Crippen LogP contribution in [0.15, 0.2) is 0 Å². The third-order valence-electron chi connectivity index (χ3n) is 5.08. The van der Waals surface area contributed by atoms with Crippen LogP contribution in [-0.4, -0.2) is 72.1 Å². The monoisotopic (exact) mass is 354 g/mol. The van der Waals surface area contributed by atoms with Crippen molar-refractivity contribution in [2.45, 2.75) is 52.5 Å². The highest BCUT2D eigenvalue weighted by molar-refractivity contribution is 5.89. The van der Waals surface area contributed by atoms with Crippen LogP contribution in [0, 0.1) is 10.8 Å². The van der Waals surface area contributed by atoms with Crippen molar-refractivity contribution < 1.29 is 24.2 Å². The molecule has 0 aromatic carbocycles. The maximum absolute atomic E-state index is 12.9. The van der Waals surface area contributed by atoms with E-state index in [-0.39, 0.29) is 30.4 Å². The summed E-state index contributed by atoms with van der Waals surface area (Å²) >= 11 is 0. The van der Waals surface area contributed by atoms with Crippen LogP contribution in [0.25, 0.3) is 0 Å². The summed E-state index contributed by atoms with van der Waals surface area (Å²) in [5, 5.41) is 9.55. The van der Waals surface area contributed by atoms with Gasteiger partial charge in [0.2, 0.25) is 11.8 Å². The Labute approximate surface area is 149 Å². The minimum Gasteiger partial charge on any atom is -0.481 e. The van der Waals surface area contributed by atoms with E-state index in [1.807, 2.05) is 20.8 Å². The van der Waals surface area contributed by atoms with Gasteiger partial charge in [0.05, 0.1) is 6.61 Å². The van der Waals surface area contributed by atoms with E-state index >= 15 is 0 Å². The Balaban J connectivity index is 2.07. The minimum absolute atomic E-state index is 0.00364. The lowest BCUT2D eigenvalue weighted by Crippen LogP contribution is -2.49. The van der Waals surface area contributed by atoms with E-state index in [2.05, 4.69) is 0 Å². The van der Waals surface area contributed by atoms with Crippen molar-refractivity contribution in [3.05, 3.63) is 0 Å². The lowest BCUT2D eigenvalue weighted by atomic mass is 9.88. The second kappa shape index (κ2) is 7.32. The van der Waals surface area contributed by atoms with Gasteiger partial charge in [-0.15, -0.1) is 0 Å². The second-order valence-corrected chi connectivity index (χ2v) is 8.51. The van der Waals surface area contributed by atoms with E-state index in [9.17, 15) is 19.5 Å². The zero-order valence-electron chi connectivity index (χ0n) is 15.7. The summed E-state index contributed by atoms with van der Waals surface area (Å²) in [7, 11) is 1.47. The number of carboxylic acids is 1. The average Bonchev–Trinajstić information content (AvgIpc) is 3.12. The molecule has 2 aliphatic rings. The SMILES string of the molecule is COCC1(C(=O)O)CCN(C(=O)C2CCCN2C(=O)CC(C)(C)C)C1. The molecule has 142 valence electrons. The first-order valence-corrected chi connectivity index (χ1v) is 8.90. The number of ether oxygens (including phenoxy) is 1. The van der Waals surface area contributed by atoms with Gasteiger partial charge in [-0.25, -0.2) is 0 Å². The van der Waals surface area contributed by atoms with Crippen molar-refractivity contribution in [3.63, 3.8) is 0 Å². The molecule has 2 saturated heterocycles. The number of nitrogens with zero attached hydrogens (tertiary/aromatic N) is 2. The van der Waals surface area contributed by atoms with E-state index in [1.165, 1.54) is 7.11 Å². The lowest BCUT2D eigenvalue weighted by molar-refractivity contribution is -0.152. The first-order valence-electron chi connectivity index (χ1n) is 8.90. The van der Waals surface area contributed by atoms with Crippen LogP contribution in [-0.2, 0) is 19.1 Å². The summed E-state index contributed by atoms with van der Waals surface area (Å²) in [6.45, 7) is 7.24. The summed E-state index contributed by atoms with van der Waals surface area (Å²) in [6, 6.07) is -0.456.